The van der Waals surface area contributed by atoms with Crippen molar-refractivity contribution in [2.45, 2.75) is 58.2 Å². The molecule has 1 aliphatic rings. The second kappa shape index (κ2) is 14.8. The first kappa shape index (κ1) is 33.8. The summed E-state index contributed by atoms with van der Waals surface area (Å²) in [4.78, 5) is 51.9. The average Bonchev–Trinajstić information content (AvgIpc) is 3.29. The summed E-state index contributed by atoms with van der Waals surface area (Å²) in [6, 6.07) is 12.4. The van der Waals surface area contributed by atoms with E-state index in [1.807, 2.05) is 19.9 Å². The van der Waals surface area contributed by atoms with Crippen molar-refractivity contribution in [3.8, 4) is 28.4 Å². The van der Waals surface area contributed by atoms with Crippen LogP contribution in [0, 0.1) is 5.92 Å². The van der Waals surface area contributed by atoms with Gasteiger partial charge in [0, 0.05) is 12.5 Å². The first-order chi connectivity index (χ1) is 22.0. The van der Waals surface area contributed by atoms with E-state index in [1.165, 1.54) is 27.2 Å². The molecule has 4 atom stereocenters. The topological polar surface area (TPSA) is 152 Å². The normalized spacial score (nSPS) is 15.5. The number of carboxylic acids is 1. The van der Waals surface area contributed by atoms with Gasteiger partial charge in [0.15, 0.2) is 17.5 Å². The average molecular weight is 632 g/mol. The third kappa shape index (κ3) is 7.09. The lowest BCUT2D eigenvalue weighted by molar-refractivity contribution is -0.142. The van der Waals surface area contributed by atoms with Gasteiger partial charge in [0.25, 0.3) is 0 Å². The number of carbonyl (C=O) groups excluding carboxylic acids is 2. The van der Waals surface area contributed by atoms with Gasteiger partial charge >= 0.3 is 5.97 Å². The number of hydrogen-bond acceptors (Lipinski definition) is 8. The second-order valence-corrected chi connectivity index (χ2v) is 11.3. The largest absolute Gasteiger partial charge is 0.493 e. The van der Waals surface area contributed by atoms with E-state index in [4.69, 9.17) is 14.2 Å². The van der Waals surface area contributed by atoms with Crippen molar-refractivity contribution < 1.29 is 33.7 Å². The molecule has 46 heavy (non-hydrogen) atoms. The van der Waals surface area contributed by atoms with E-state index in [0.29, 0.717) is 58.8 Å². The number of methoxy groups -OCH3 is 3. The molecule has 0 radical (unpaired) electrons. The van der Waals surface area contributed by atoms with Crippen molar-refractivity contribution >= 4 is 23.5 Å². The van der Waals surface area contributed by atoms with Crippen LogP contribution < -0.4 is 35.6 Å². The Kier molecular flexibility index (Phi) is 10.9. The number of aliphatic carboxylic acids is 1. The standard InChI is InChI=1S/C35H41N3O8/c1-7-19(2)30(34(41)38-31(35(42)43)21-11-9-8-10-12-21)37-26-16-14-23-24(18-27(26)40)25(36-20(3)39)15-13-22-17-28(44-4)32(45-5)33(46-6)29(22)23/h8-12,14,16-19,25,30-31H,7,13,15H2,1-6H3,(H,36,39)(H,37,40)(H,38,41)(H,42,43)/t19-,25-,30-,31-/m1/s1. The summed E-state index contributed by atoms with van der Waals surface area (Å²) in [7, 11) is 4.58. The monoisotopic (exact) mass is 631 g/mol. The van der Waals surface area contributed by atoms with Gasteiger partial charge < -0.3 is 35.3 Å². The van der Waals surface area contributed by atoms with Gasteiger partial charge in [0.05, 0.1) is 33.1 Å². The maximum absolute atomic E-state index is 13.9. The lowest BCUT2D eigenvalue weighted by atomic mass is 9.95. The summed E-state index contributed by atoms with van der Waals surface area (Å²) in [5.74, 6) is -0.975. The lowest BCUT2D eigenvalue weighted by Crippen LogP contribution is -2.47. The van der Waals surface area contributed by atoms with Crippen molar-refractivity contribution in [1.29, 1.82) is 0 Å². The first-order valence-electron chi connectivity index (χ1n) is 15.2. The van der Waals surface area contributed by atoms with Crippen LogP contribution in [0.5, 0.6) is 17.2 Å². The highest BCUT2D eigenvalue weighted by molar-refractivity contribution is 5.90. The molecule has 2 amide bonds. The van der Waals surface area contributed by atoms with Gasteiger partial charge in [0.1, 0.15) is 6.04 Å². The number of nitrogens with one attached hydrogen (secondary N) is 3. The van der Waals surface area contributed by atoms with Crippen LogP contribution in [0.15, 0.2) is 59.4 Å². The maximum Gasteiger partial charge on any atom is 0.330 e. The number of aryl methyl sites for hydroxylation is 1. The van der Waals surface area contributed by atoms with Crippen LogP contribution in [0.1, 0.15) is 62.4 Å². The highest BCUT2D eigenvalue weighted by Gasteiger charge is 2.32. The van der Waals surface area contributed by atoms with E-state index in [-0.39, 0.29) is 17.5 Å². The van der Waals surface area contributed by atoms with Gasteiger partial charge in [-0.3, -0.25) is 14.4 Å². The summed E-state index contributed by atoms with van der Waals surface area (Å²) < 4.78 is 17.1. The fourth-order valence-corrected chi connectivity index (χ4v) is 5.86. The summed E-state index contributed by atoms with van der Waals surface area (Å²) >= 11 is 0. The van der Waals surface area contributed by atoms with Crippen LogP contribution in [0.2, 0.25) is 0 Å². The first-order valence-corrected chi connectivity index (χ1v) is 15.2. The molecule has 0 aliphatic heterocycles. The van der Waals surface area contributed by atoms with E-state index in [2.05, 4.69) is 16.0 Å². The summed E-state index contributed by atoms with van der Waals surface area (Å²) in [5, 5.41) is 18.7. The quantitative estimate of drug-likeness (QED) is 0.224. The third-order valence-electron chi connectivity index (χ3n) is 8.39. The van der Waals surface area contributed by atoms with Crippen molar-refractivity contribution in [2.24, 2.45) is 5.92 Å². The van der Waals surface area contributed by atoms with Crippen LogP contribution in [-0.4, -0.2) is 50.3 Å². The van der Waals surface area contributed by atoms with Gasteiger partial charge in [-0.05, 0) is 59.2 Å². The van der Waals surface area contributed by atoms with Crippen LogP contribution in [0.4, 0.5) is 5.69 Å². The smallest absolute Gasteiger partial charge is 0.330 e. The van der Waals surface area contributed by atoms with Crippen LogP contribution in [0.25, 0.3) is 11.1 Å². The zero-order valence-corrected chi connectivity index (χ0v) is 26.9. The molecular formula is C35H41N3O8. The molecule has 0 aromatic heterocycles. The van der Waals surface area contributed by atoms with E-state index in [0.717, 1.165) is 5.56 Å². The molecule has 3 aromatic carbocycles. The second-order valence-electron chi connectivity index (χ2n) is 11.3. The molecule has 0 bridgehead atoms. The van der Waals surface area contributed by atoms with E-state index in [1.54, 1.807) is 49.6 Å². The fourth-order valence-electron chi connectivity index (χ4n) is 5.86. The number of anilines is 1. The predicted octanol–water partition coefficient (Wildman–Crippen LogP) is 4.63. The number of ether oxygens (including phenoxy) is 3. The Morgan fingerprint density at radius 1 is 0.978 bits per heavy atom. The number of fused-ring (bicyclic) bond motifs is 3. The molecule has 11 heteroatoms. The number of rotatable bonds is 12. The molecule has 0 fully saturated rings. The van der Waals surface area contributed by atoms with Crippen molar-refractivity contribution in [3.05, 3.63) is 81.5 Å². The van der Waals surface area contributed by atoms with Gasteiger partial charge in [-0.2, -0.15) is 0 Å². The SMILES string of the molecule is CC[C@@H](C)[C@@H](Nc1ccc2c(cc1=O)[C@H](NC(C)=O)CCc1cc(OC)c(OC)c(OC)c1-2)C(=O)N[C@@H](C(=O)O)c1ccccc1. The molecule has 4 N–H and O–H groups in total. The van der Waals surface area contributed by atoms with E-state index < -0.39 is 35.4 Å². The van der Waals surface area contributed by atoms with Gasteiger partial charge in [-0.1, -0.05) is 56.7 Å². The lowest BCUT2D eigenvalue weighted by Gasteiger charge is -2.26. The molecule has 0 unspecified atom stereocenters. The molecule has 11 nitrogen and oxygen atoms in total. The molecule has 4 rings (SSSR count). The summed E-state index contributed by atoms with van der Waals surface area (Å²) in [6.07, 6.45) is 1.63. The minimum atomic E-state index is -1.27. The predicted molar refractivity (Wildman–Crippen MR) is 175 cm³/mol. The molecule has 1 aliphatic carbocycles. The van der Waals surface area contributed by atoms with E-state index >= 15 is 0 Å². The maximum atomic E-state index is 13.9. The Bertz CT molecular complexity index is 1660. The van der Waals surface area contributed by atoms with Gasteiger partial charge in [-0.25, -0.2) is 4.79 Å². The van der Waals surface area contributed by atoms with Crippen LogP contribution in [-0.2, 0) is 20.8 Å². The molecule has 0 saturated carbocycles. The zero-order chi connectivity index (χ0) is 33.5. The Morgan fingerprint density at radius 2 is 1.67 bits per heavy atom. The summed E-state index contributed by atoms with van der Waals surface area (Å²) in [6.45, 7) is 5.19. The van der Waals surface area contributed by atoms with Gasteiger partial charge in [0.2, 0.25) is 23.0 Å². The highest BCUT2D eigenvalue weighted by atomic mass is 16.5. The summed E-state index contributed by atoms with van der Waals surface area (Å²) in [5.41, 5.74) is 2.98. The van der Waals surface area contributed by atoms with Gasteiger partial charge in [-0.15, -0.1) is 0 Å². The number of benzene rings is 2. The van der Waals surface area contributed by atoms with Crippen molar-refractivity contribution in [2.75, 3.05) is 26.6 Å². The third-order valence-corrected chi connectivity index (χ3v) is 8.39. The number of amides is 2. The van der Waals surface area contributed by atoms with E-state index in [9.17, 15) is 24.3 Å². The van der Waals surface area contributed by atoms with Crippen molar-refractivity contribution in [1.82, 2.24) is 10.6 Å². The number of carbonyl (C=O) groups is 3. The molecule has 0 saturated heterocycles. The minimum absolute atomic E-state index is 0.141. The molecular weight excluding hydrogens is 590 g/mol. The highest BCUT2D eigenvalue weighted by Crippen LogP contribution is 2.50. The Labute approximate surface area is 268 Å². The fraction of sp³-hybridized carbons (Fsp3) is 0.371. The van der Waals surface area contributed by atoms with Crippen molar-refractivity contribution in [3.63, 3.8) is 0 Å². The molecule has 244 valence electrons. The number of carboxylic acid groups (broad SMARTS) is 1. The Morgan fingerprint density at radius 3 is 2.26 bits per heavy atom. The minimum Gasteiger partial charge on any atom is -0.493 e. The number of hydrogen-bond donors (Lipinski definition) is 4. The molecule has 3 aromatic rings. The molecule has 0 spiro atoms. The van der Waals surface area contributed by atoms with Crippen LogP contribution in [0.3, 0.4) is 0 Å². The molecule has 0 heterocycles. The Balaban J connectivity index is 1.84. The Hall–Kier alpha value is -5.06. The van der Waals surface area contributed by atoms with Crippen LogP contribution >= 0.6 is 0 Å². The zero-order valence-electron chi connectivity index (χ0n) is 26.9.